The number of carboxylic acids is 1. The maximum absolute atomic E-state index is 12.2. The summed E-state index contributed by atoms with van der Waals surface area (Å²) in [6.07, 6.45) is 2.11. The first-order valence-electron chi connectivity index (χ1n) is 8.28. The van der Waals surface area contributed by atoms with Crippen LogP contribution in [0.1, 0.15) is 28.9 Å². The Labute approximate surface area is 150 Å². The first-order valence-corrected chi connectivity index (χ1v) is 8.28. The standard InChI is InChI=1S/C19H21NO6/c1-11-6-12-7-17(25-3)18(26-5-4-24-2)8-13(12)15-9-16(21)14(19(22)23)10-20(11)15/h7-11H,4-6H2,1-3H3,(H,22,23). The molecule has 3 rings (SSSR count). The summed E-state index contributed by atoms with van der Waals surface area (Å²) in [6.45, 7) is 2.79. The van der Waals surface area contributed by atoms with Gasteiger partial charge in [0, 0.05) is 31.0 Å². The van der Waals surface area contributed by atoms with Crippen molar-refractivity contribution in [3.05, 3.63) is 45.7 Å². The second kappa shape index (κ2) is 7.21. The van der Waals surface area contributed by atoms with Gasteiger partial charge in [-0.05, 0) is 31.0 Å². The molecule has 1 unspecified atom stereocenters. The number of aromatic carboxylic acids is 1. The highest BCUT2D eigenvalue weighted by atomic mass is 16.5. The van der Waals surface area contributed by atoms with Crippen LogP contribution in [-0.2, 0) is 11.2 Å². The van der Waals surface area contributed by atoms with Crippen molar-refractivity contribution in [1.29, 1.82) is 0 Å². The highest BCUT2D eigenvalue weighted by Crippen LogP contribution is 2.40. The molecule has 0 aliphatic carbocycles. The molecular weight excluding hydrogens is 338 g/mol. The summed E-state index contributed by atoms with van der Waals surface area (Å²) >= 11 is 0. The molecule has 0 fully saturated rings. The number of fused-ring (bicyclic) bond motifs is 3. The number of methoxy groups -OCH3 is 2. The number of aromatic nitrogens is 1. The van der Waals surface area contributed by atoms with Crippen molar-refractivity contribution in [1.82, 2.24) is 4.57 Å². The van der Waals surface area contributed by atoms with Crippen LogP contribution >= 0.6 is 0 Å². The van der Waals surface area contributed by atoms with Crippen LogP contribution in [0.25, 0.3) is 11.3 Å². The van der Waals surface area contributed by atoms with Crippen molar-refractivity contribution in [3.63, 3.8) is 0 Å². The van der Waals surface area contributed by atoms with E-state index in [0.717, 1.165) is 11.1 Å². The second-order valence-corrected chi connectivity index (χ2v) is 6.20. The zero-order valence-electron chi connectivity index (χ0n) is 14.9. The van der Waals surface area contributed by atoms with E-state index in [9.17, 15) is 14.7 Å². The van der Waals surface area contributed by atoms with Crippen LogP contribution in [0.2, 0.25) is 0 Å². The predicted molar refractivity (Wildman–Crippen MR) is 95.4 cm³/mol. The van der Waals surface area contributed by atoms with E-state index in [2.05, 4.69) is 0 Å². The number of carbonyl (C=O) groups is 1. The average Bonchev–Trinajstić information content (AvgIpc) is 2.61. The third-order valence-electron chi connectivity index (χ3n) is 4.51. The van der Waals surface area contributed by atoms with Crippen LogP contribution in [0.4, 0.5) is 0 Å². The van der Waals surface area contributed by atoms with Crippen molar-refractivity contribution < 1.29 is 24.1 Å². The molecule has 138 valence electrons. The maximum atomic E-state index is 12.2. The SMILES string of the molecule is COCCOc1cc2c(cc1OC)CC(C)n1cc(C(=O)O)c(=O)cc1-2. The third kappa shape index (κ3) is 3.17. The molecule has 1 atom stereocenters. The number of hydrogen-bond donors (Lipinski definition) is 1. The number of pyridine rings is 1. The highest BCUT2D eigenvalue weighted by Gasteiger charge is 2.25. The van der Waals surface area contributed by atoms with Gasteiger partial charge in [0.1, 0.15) is 12.2 Å². The van der Waals surface area contributed by atoms with Crippen LogP contribution in [-0.4, -0.2) is 43.1 Å². The average molecular weight is 359 g/mol. The molecule has 2 aromatic rings. The van der Waals surface area contributed by atoms with Gasteiger partial charge in [0.25, 0.3) is 0 Å². The van der Waals surface area contributed by atoms with Gasteiger partial charge in [-0.1, -0.05) is 0 Å². The normalized spacial score (nSPS) is 15.1. The largest absolute Gasteiger partial charge is 0.493 e. The van der Waals surface area contributed by atoms with Crippen molar-refractivity contribution in [2.75, 3.05) is 27.4 Å². The second-order valence-electron chi connectivity index (χ2n) is 6.20. The number of rotatable bonds is 6. The van der Waals surface area contributed by atoms with E-state index in [0.29, 0.717) is 36.8 Å². The van der Waals surface area contributed by atoms with Gasteiger partial charge >= 0.3 is 5.97 Å². The molecule has 26 heavy (non-hydrogen) atoms. The van der Waals surface area contributed by atoms with Gasteiger partial charge in [-0.2, -0.15) is 0 Å². The maximum Gasteiger partial charge on any atom is 0.341 e. The summed E-state index contributed by atoms with van der Waals surface area (Å²) in [6, 6.07) is 5.14. The molecule has 7 nitrogen and oxygen atoms in total. The molecule has 2 heterocycles. The molecule has 1 aromatic carbocycles. The van der Waals surface area contributed by atoms with Crippen molar-refractivity contribution in [2.45, 2.75) is 19.4 Å². The summed E-state index contributed by atoms with van der Waals surface area (Å²) in [4.78, 5) is 23.5. The van der Waals surface area contributed by atoms with Crippen LogP contribution in [0, 0.1) is 0 Å². The minimum absolute atomic E-state index is 0.0150. The van der Waals surface area contributed by atoms with Crippen LogP contribution in [0.3, 0.4) is 0 Å². The van der Waals surface area contributed by atoms with Crippen LogP contribution < -0.4 is 14.9 Å². The number of benzene rings is 1. The fourth-order valence-corrected chi connectivity index (χ4v) is 3.22. The molecule has 1 aliphatic heterocycles. The van der Waals surface area contributed by atoms with Gasteiger partial charge in [0.15, 0.2) is 16.9 Å². The van der Waals surface area contributed by atoms with Gasteiger partial charge in [-0.3, -0.25) is 4.79 Å². The van der Waals surface area contributed by atoms with E-state index in [1.807, 2.05) is 23.6 Å². The predicted octanol–water partition coefficient (Wildman–Crippen LogP) is 2.36. The first kappa shape index (κ1) is 18.0. The summed E-state index contributed by atoms with van der Waals surface area (Å²) < 4.78 is 18.0. The Kier molecular flexibility index (Phi) is 4.99. The summed E-state index contributed by atoms with van der Waals surface area (Å²) in [5.74, 6) is -0.0502. The minimum atomic E-state index is -1.22. The zero-order chi connectivity index (χ0) is 18.8. The number of nitrogens with zero attached hydrogens (tertiary/aromatic N) is 1. The molecule has 0 bridgehead atoms. The molecule has 1 aliphatic rings. The molecule has 0 amide bonds. The van der Waals surface area contributed by atoms with Gasteiger partial charge in [0.2, 0.25) is 0 Å². The molecular formula is C19H21NO6. The summed E-state index contributed by atoms with van der Waals surface area (Å²) in [5, 5.41) is 9.22. The monoisotopic (exact) mass is 359 g/mol. The Morgan fingerprint density at radius 2 is 2.00 bits per heavy atom. The third-order valence-corrected chi connectivity index (χ3v) is 4.51. The molecule has 1 aromatic heterocycles. The number of hydrogen-bond acceptors (Lipinski definition) is 5. The van der Waals surface area contributed by atoms with E-state index in [1.54, 1.807) is 14.2 Å². The molecule has 1 N–H and O–H groups in total. The Morgan fingerprint density at radius 1 is 1.23 bits per heavy atom. The molecule has 0 radical (unpaired) electrons. The topological polar surface area (TPSA) is 87.0 Å². The van der Waals surface area contributed by atoms with Gasteiger partial charge in [-0.25, -0.2) is 4.79 Å². The van der Waals surface area contributed by atoms with Crippen LogP contribution in [0.15, 0.2) is 29.2 Å². The van der Waals surface area contributed by atoms with Crippen molar-refractivity contribution in [3.8, 4) is 22.8 Å². The Hall–Kier alpha value is -2.80. The zero-order valence-corrected chi connectivity index (χ0v) is 14.9. The molecule has 0 spiro atoms. The number of carboxylic acid groups (broad SMARTS) is 1. The van der Waals surface area contributed by atoms with Crippen molar-refractivity contribution >= 4 is 5.97 Å². The van der Waals surface area contributed by atoms with Crippen LogP contribution in [0.5, 0.6) is 11.5 Å². The Balaban J connectivity index is 2.13. The summed E-state index contributed by atoms with van der Waals surface area (Å²) in [5.41, 5.74) is 1.80. The lowest BCUT2D eigenvalue weighted by Crippen LogP contribution is -2.24. The minimum Gasteiger partial charge on any atom is -0.493 e. The lowest BCUT2D eigenvalue weighted by Gasteiger charge is -2.29. The lowest BCUT2D eigenvalue weighted by atomic mass is 9.92. The van der Waals surface area contributed by atoms with E-state index in [-0.39, 0.29) is 11.6 Å². The molecule has 0 saturated carbocycles. The quantitative estimate of drug-likeness (QED) is 0.797. The summed E-state index contributed by atoms with van der Waals surface area (Å²) in [7, 11) is 3.17. The van der Waals surface area contributed by atoms with Gasteiger partial charge < -0.3 is 23.9 Å². The van der Waals surface area contributed by atoms with E-state index in [1.165, 1.54) is 12.3 Å². The number of ether oxygens (including phenoxy) is 3. The molecule has 7 heteroatoms. The highest BCUT2D eigenvalue weighted by molar-refractivity contribution is 5.87. The Bertz CT molecular complexity index is 902. The smallest absolute Gasteiger partial charge is 0.341 e. The molecule has 0 saturated heterocycles. The van der Waals surface area contributed by atoms with Gasteiger partial charge in [0.05, 0.1) is 19.4 Å². The fraction of sp³-hybridized carbons (Fsp3) is 0.368. The van der Waals surface area contributed by atoms with E-state index in [4.69, 9.17) is 14.2 Å². The van der Waals surface area contributed by atoms with Crippen molar-refractivity contribution in [2.24, 2.45) is 0 Å². The first-order chi connectivity index (χ1) is 12.5. The lowest BCUT2D eigenvalue weighted by molar-refractivity contribution is 0.0694. The van der Waals surface area contributed by atoms with Gasteiger partial charge in [-0.15, -0.1) is 0 Å². The van der Waals surface area contributed by atoms with E-state index < -0.39 is 11.4 Å². The fourth-order valence-electron chi connectivity index (χ4n) is 3.22. The van der Waals surface area contributed by atoms with E-state index >= 15 is 0 Å². The Morgan fingerprint density at radius 3 is 2.65 bits per heavy atom.